The second kappa shape index (κ2) is 7.86. The largest absolute Gasteiger partial charge is 0.497 e. The van der Waals surface area contributed by atoms with Crippen LogP contribution in [0.2, 0.25) is 0 Å². The number of carbonyl (C=O) groups is 3. The van der Waals surface area contributed by atoms with Gasteiger partial charge in [-0.05, 0) is 31.2 Å². The molecule has 1 N–H and O–H groups in total. The fourth-order valence-electron chi connectivity index (χ4n) is 3.79. The molecular formula is C19H25N2O5+. The highest BCUT2D eigenvalue weighted by molar-refractivity contribution is 6.21. The zero-order valence-electron chi connectivity index (χ0n) is 15.2. The van der Waals surface area contributed by atoms with Crippen molar-refractivity contribution >= 4 is 23.5 Å². The maximum absolute atomic E-state index is 12.8. The summed E-state index contributed by atoms with van der Waals surface area (Å²) in [7, 11) is 1.57. The minimum atomic E-state index is -0.368. The van der Waals surface area contributed by atoms with Crippen molar-refractivity contribution < 1.29 is 28.8 Å². The number of ether oxygens (including phenoxy) is 2. The van der Waals surface area contributed by atoms with Crippen molar-refractivity contribution in [1.82, 2.24) is 0 Å². The van der Waals surface area contributed by atoms with Gasteiger partial charge < -0.3 is 14.4 Å². The summed E-state index contributed by atoms with van der Waals surface area (Å²) in [6.45, 7) is 3.58. The SMILES string of the molecule is CCOC(=O)C1CC[NH+]([C@H]2CC(=O)N(c3ccc(OC)cc3)C2=O)CC1. The first-order valence-corrected chi connectivity index (χ1v) is 9.07. The van der Waals surface area contributed by atoms with Gasteiger partial charge in [-0.2, -0.15) is 0 Å². The number of rotatable bonds is 5. The number of hydrogen-bond acceptors (Lipinski definition) is 5. The van der Waals surface area contributed by atoms with E-state index in [1.807, 2.05) is 0 Å². The van der Waals surface area contributed by atoms with Crippen LogP contribution in [0.25, 0.3) is 0 Å². The molecule has 1 aromatic rings. The van der Waals surface area contributed by atoms with Gasteiger partial charge in [0.2, 0.25) is 5.91 Å². The summed E-state index contributed by atoms with van der Waals surface area (Å²) in [5, 5.41) is 0. The maximum Gasteiger partial charge on any atom is 0.309 e. The number of imide groups is 1. The zero-order valence-corrected chi connectivity index (χ0v) is 15.2. The van der Waals surface area contributed by atoms with Crippen LogP contribution in [0.15, 0.2) is 24.3 Å². The Bertz CT molecular complexity index is 680. The molecule has 0 radical (unpaired) electrons. The zero-order chi connectivity index (χ0) is 18.7. The van der Waals surface area contributed by atoms with Gasteiger partial charge in [-0.1, -0.05) is 0 Å². The third-order valence-corrected chi connectivity index (χ3v) is 5.22. The van der Waals surface area contributed by atoms with Gasteiger partial charge in [0.25, 0.3) is 5.91 Å². The van der Waals surface area contributed by atoms with E-state index in [1.165, 1.54) is 4.90 Å². The number of methoxy groups -OCH3 is 1. The van der Waals surface area contributed by atoms with Crippen LogP contribution in [0.3, 0.4) is 0 Å². The molecule has 140 valence electrons. The smallest absolute Gasteiger partial charge is 0.309 e. The Morgan fingerprint density at radius 1 is 1.19 bits per heavy atom. The molecule has 2 amide bonds. The van der Waals surface area contributed by atoms with Crippen molar-refractivity contribution in [3.05, 3.63) is 24.3 Å². The van der Waals surface area contributed by atoms with E-state index < -0.39 is 0 Å². The number of likely N-dealkylation sites (tertiary alicyclic amines) is 1. The number of quaternary nitrogens is 1. The minimum Gasteiger partial charge on any atom is -0.497 e. The first-order chi connectivity index (χ1) is 12.5. The van der Waals surface area contributed by atoms with E-state index in [-0.39, 0.29) is 36.2 Å². The van der Waals surface area contributed by atoms with Crippen LogP contribution < -0.4 is 14.5 Å². The molecule has 2 fully saturated rings. The molecule has 1 aromatic carbocycles. The molecule has 7 nitrogen and oxygen atoms in total. The lowest BCUT2D eigenvalue weighted by Crippen LogP contribution is -3.17. The summed E-state index contributed by atoms with van der Waals surface area (Å²) < 4.78 is 10.2. The second-order valence-corrected chi connectivity index (χ2v) is 6.71. The lowest BCUT2D eigenvalue weighted by atomic mass is 9.95. The third kappa shape index (κ3) is 3.58. The van der Waals surface area contributed by atoms with Gasteiger partial charge >= 0.3 is 5.97 Å². The van der Waals surface area contributed by atoms with Gasteiger partial charge in [-0.15, -0.1) is 0 Å². The molecule has 0 saturated carbocycles. The summed E-state index contributed by atoms with van der Waals surface area (Å²) in [4.78, 5) is 39.5. The van der Waals surface area contributed by atoms with E-state index in [0.29, 0.717) is 44.0 Å². The van der Waals surface area contributed by atoms with Crippen molar-refractivity contribution in [3.8, 4) is 5.75 Å². The molecule has 2 heterocycles. The van der Waals surface area contributed by atoms with Crippen LogP contribution in [0, 0.1) is 5.92 Å². The topological polar surface area (TPSA) is 77.3 Å². The highest BCUT2D eigenvalue weighted by Crippen LogP contribution is 2.25. The number of hydrogen-bond donors (Lipinski definition) is 1. The van der Waals surface area contributed by atoms with Crippen LogP contribution in [-0.4, -0.2) is 50.6 Å². The van der Waals surface area contributed by atoms with Crippen molar-refractivity contribution in [2.45, 2.75) is 32.2 Å². The molecule has 0 aromatic heterocycles. The van der Waals surface area contributed by atoms with E-state index in [4.69, 9.17) is 9.47 Å². The molecule has 2 aliphatic rings. The normalized spacial score (nSPS) is 26.1. The van der Waals surface area contributed by atoms with Gasteiger partial charge in [0.1, 0.15) is 5.75 Å². The van der Waals surface area contributed by atoms with Crippen LogP contribution >= 0.6 is 0 Å². The molecule has 0 bridgehead atoms. The number of anilines is 1. The Hall–Kier alpha value is -2.41. The fraction of sp³-hybridized carbons (Fsp3) is 0.526. The molecule has 26 heavy (non-hydrogen) atoms. The monoisotopic (exact) mass is 361 g/mol. The molecule has 2 aliphatic heterocycles. The lowest BCUT2D eigenvalue weighted by molar-refractivity contribution is -0.920. The van der Waals surface area contributed by atoms with E-state index in [0.717, 1.165) is 4.90 Å². The molecule has 0 spiro atoms. The summed E-state index contributed by atoms with van der Waals surface area (Å²) in [5.74, 6) is 0.0924. The number of nitrogens with one attached hydrogen (secondary N) is 1. The summed E-state index contributed by atoms with van der Waals surface area (Å²) >= 11 is 0. The van der Waals surface area contributed by atoms with Gasteiger partial charge in [0.05, 0.1) is 44.8 Å². The molecule has 3 rings (SSSR count). The van der Waals surface area contributed by atoms with Gasteiger partial charge in [-0.25, -0.2) is 4.90 Å². The van der Waals surface area contributed by atoms with Crippen LogP contribution in [0.1, 0.15) is 26.2 Å². The van der Waals surface area contributed by atoms with Crippen LogP contribution in [0.4, 0.5) is 5.69 Å². The Balaban J connectivity index is 1.65. The van der Waals surface area contributed by atoms with Crippen molar-refractivity contribution in [2.75, 3.05) is 31.7 Å². The van der Waals surface area contributed by atoms with Gasteiger partial charge in [-0.3, -0.25) is 14.4 Å². The summed E-state index contributed by atoms with van der Waals surface area (Å²) in [6.07, 6.45) is 1.59. The number of piperidine rings is 1. The first-order valence-electron chi connectivity index (χ1n) is 9.07. The Morgan fingerprint density at radius 3 is 2.42 bits per heavy atom. The molecule has 0 aliphatic carbocycles. The molecule has 0 unspecified atom stereocenters. The number of esters is 1. The average Bonchev–Trinajstić information content (AvgIpc) is 2.96. The Labute approximate surface area is 152 Å². The molecule has 1 atom stereocenters. The van der Waals surface area contributed by atoms with E-state index in [2.05, 4.69) is 0 Å². The van der Waals surface area contributed by atoms with Crippen molar-refractivity contribution in [1.29, 1.82) is 0 Å². The van der Waals surface area contributed by atoms with Crippen molar-refractivity contribution in [3.63, 3.8) is 0 Å². The highest BCUT2D eigenvalue weighted by Gasteiger charge is 2.47. The summed E-state index contributed by atoms with van der Waals surface area (Å²) in [5.41, 5.74) is 0.573. The predicted molar refractivity (Wildman–Crippen MR) is 93.9 cm³/mol. The minimum absolute atomic E-state index is 0.0939. The molecule has 2 saturated heterocycles. The Morgan fingerprint density at radius 2 is 1.85 bits per heavy atom. The Kier molecular flexibility index (Phi) is 5.56. The maximum atomic E-state index is 12.8. The van der Waals surface area contributed by atoms with E-state index in [9.17, 15) is 14.4 Å². The number of amides is 2. The van der Waals surface area contributed by atoms with Crippen LogP contribution in [-0.2, 0) is 19.1 Å². The number of nitrogens with zero attached hydrogens (tertiary/aromatic N) is 1. The standard InChI is InChI=1S/C19H24N2O5/c1-3-26-19(24)13-8-10-20(11-9-13)16-12-17(22)21(18(16)23)14-4-6-15(25-2)7-5-14/h4-7,13,16H,3,8-12H2,1-2H3/p+1/t16-/m0/s1. The third-order valence-electron chi connectivity index (χ3n) is 5.22. The predicted octanol–water partition coefficient (Wildman–Crippen LogP) is 0.185. The van der Waals surface area contributed by atoms with Crippen LogP contribution in [0.5, 0.6) is 5.75 Å². The highest BCUT2D eigenvalue weighted by atomic mass is 16.5. The fourth-order valence-corrected chi connectivity index (χ4v) is 3.79. The molecule has 7 heteroatoms. The van der Waals surface area contributed by atoms with Crippen molar-refractivity contribution in [2.24, 2.45) is 5.92 Å². The first kappa shape index (κ1) is 18.4. The lowest BCUT2D eigenvalue weighted by Gasteiger charge is -2.31. The average molecular weight is 361 g/mol. The van der Waals surface area contributed by atoms with Gasteiger partial charge in [0, 0.05) is 12.8 Å². The van der Waals surface area contributed by atoms with Gasteiger partial charge in [0.15, 0.2) is 6.04 Å². The second-order valence-electron chi connectivity index (χ2n) is 6.71. The molecular weight excluding hydrogens is 336 g/mol. The van der Waals surface area contributed by atoms with E-state index in [1.54, 1.807) is 38.3 Å². The number of benzene rings is 1. The quantitative estimate of drug-likeness (QED) is 0.598. The number of carbonyl (C=O) groups excluding carboxylic acids is 3. The van der Waals surface area contributed by atoms with E-state index >= 15 is 0 Å². The summed E-state index contributed by atoms with van der Waals surface area (Å²) in [6, 6.07) is 6.55.